The number of rotatable bonds is 5. The summed E-state index contributed by atoms with van der Waals surface area (Å²) in [6.45, 7) is 1.91. The van der Waals surface area contributed by atoms with E-state index in [9.17, 15) is 4.79 Å². The molecule has 1 unspecified atom stereocenters. The number of hydrogen-bond acceptors (Lipinski definition) is 5. The maximum Gasteiger partial charge on any atom is 0.304 e. The van der Waals surface area contributed by atoms with Gasteiger partial charge < -0.3 is 9.52 Å². The van der Waals surface area contributed by atoms with Crippen LogP contribution >= 0.6 is 11.3 Å². The van der Waals surface area contributed by atoms with E-state index in [0.717, 1.165) is 4.88 Å². The summed E-state index contributed by atoms with van der Waals surface area (Å²) in [4.78, 5) is 11.8. The number of hydrogen-bond donors (Lipinski definition) is 1. The summed E-state index contributed by atoms with van der Waals surface area (Å²) in [7, 11) is 0. The lowest BCUT2D eigenvalue weighted by Crippen LogP contribution is -2.07. The molecular weight excluding hydrogens is 240 g/mol. The Labute approximate surface area is 102 Å². The van der Waals surface area contributed by atoms with E-state index in [-0.39, 0.29) is 12.3 Å². The smallest absolute Gasteiger partial charge is 0.304 e. The van der Waals surface area contributed by atoms with Gasteiger partial charge in [-0.15, -0.1) is 21.5 Å². The fraction of sp³-hybridized carbons (Fsp3) is 0.364. The summed E-state index contributed by atoms with van der Waals surface area (Å²) in [5.41, 5.74) is 0. The van der Waals surface area contributed by atoms with Gasteiger partial charge in [0.2, 0.25) is 11.8 Å². The molecule has 2 aromatic heterocycles. The maximum atomic E-state index is 10.9. The largest absolute Gasteiger partial charge is 0.481 e. The highest BCUT2D eigenvalue weighted by atomic mass is 32.1. The Balaban J connectivity index is 2.29. The molecule has 0 aromatic carbocycles. The zero-order valence-electron chi connectivity index (χ0n) is 9.29. The number of aryl methyl sites for hydroxylation is 1. The second-order valence-electron chi connectivity index (χ2n) is 3.55. The Morgan fingerprint density at radius 1 is 1.59 bits per heavy atom. The SMILES string of the molecule is CCc1nnc(C(CC(=O)O)c2cccs2)o1. The topological polar surface area (TPSA) is 76.2 Å². The molecule has 0 amide bonds. The molecule has 0 saturated heterocycles. The van der Waals surface area contributed by atoms with Crippen molar-refractivity contribution >= 4 is 17.3 Å². The van der Waals surface area contributed by atoms with E-state index in [1.165, 1.54) is 11.3 Å². The lowest BCUT2D eigenvalue weighted by atomic mass is 10.0. The van der Waals surface area contributed by atoms with Crippen molar-refractivity contribution in [3.8, 4) is 0 Å². The molecule has 1 atom stereocenters. The van der Waals surface area contributed by atoms with Crippen LogP contribution in [-0.2, 0) is 11.2 Å². The number of carboxylic acid groups (broad SMARTS) is 1. The quantitative estimate of drug-likeness (QED) is 0.883. The number of carbonyl (C=O) groups is 1. The first kappa shape index (κ1) is 11.8. The molecule has 0 aliphatic rings. The Morgan fingerprint density at radius 3 is 2.94 bits per heavy atom. The molecule has 0 aliphatic heterocycles. The lowest BCUT2D eigenvalue weighted by Gasteiger charge is -2.07. The van der Waals surface area contributed by atoms with Gasteiger partial charge in [0, 0.05) is 11.3 Å². The fourth-order valence-corrected chi connectivity index (χ4v) is 2.34. The Morgan fingerprint density at radius 2 is 2.41 bits per heavy atom. The van der Waals surface area contributed by atoms with E-state index in [1.807, 2.05) is 24.4 Å². The van der Waals surface area contributed by atoms with E-state index in [4.69, 9.17) is 9.52 Å². The average molecular weight is 252 g/mol. The van der Waals surface area contributed by atoms with E-state index >= 15 is 0 Å². The Hall–Kier alpha value is -1.69. The van der Waals surface area contributed by atoms with Crippen molar-refractivity contribution in [1.29, 1.82) is 0 Å². The number of aromatic nitrogens is 2. The molecule has 0 saturated carbocycles. The van der Waals surface area contributed by atoms with Gasteiger partial charge in [0.25, 0.3) is 0 Å². The monoisotopic (exact) mass is 252 g/mol. The van der Waals surface area contributed by atoms with Crippen LogP contribution in [0.5, 0.6) is 0 Å². The Kier molecular flexibility index (Phi) is 3.53. The van der Waals surface area contributed by atoms with Crippen LogP contribution in [0.2, 0.25) is 0 Å². The summed E-state index contributed by atoms with van der Waals surface area (Å²) >= 11 is 1.49. The highest BCUT2D eigenvalue weighted by Crippen LogP contribution is 2.30. The highest BCUT2D eigenvalue weighted by molar-refractivity contribution is 7.10. The minimum atomic E-state index is -0.875. The minimum absolute atomic E-state index is 0.0359. The number of carboxylic acids is 1. The van der Waals surface area contributed by atoms with Crippen LogP contribution in [0.25, 0.3) is 0 Å². The van der Waals surface area contributed by atoms with Crippen LogP contribution in [0.15, 0.2) is 21.9 Å². The first-order chi connectivity index (χ1) is 8.20. The van der Waals surface area contributed by atoms with Gasteiger partial charge in [-0.3, -0.25) is 4.79 Å². The van der Waals surface area contributed by atoms with E-state index in [2.05, 4.69) is 10.2 Å². The summed E-state index contributed by atoms with van der Waals surface area (Å²) in [5, 5.41) is 18.6. The molecule has 17 heavy (non-hydrogen) atoms. The van der Waals surface area contributed by atoms with E-state index in [1.54, 1.807) is 0 Å². The molecule has 0 fully saturated rings. The lowest BCUT2D eigenvalue weighted by molar-refractivity contribution is -0.137. The van der Waals surface area contributed by atoms with Crippen LogP contribution in [0.4, 0.5) is 0 Å². The summed E-state index contributed by atoms with van der Waals surface area (Å²) in [6.07, 6.45) is 0.614. The van der Waals surface area contributed by atoms with E-state index in [0.29, 0.717) is 18.2 Å². The van der Waals surface area contributed by atoms with Crippen molar-refractivity contribution in [2.45, 2.75) is 25.7 Å². The maximum absolute atomic E-state index is 10.9. The second kappa shape index (κ2) is 5.09. The summed E-state index contributed by atoms with van der Waals surface area (Å²) in [5.74, 6) is -0.307. The second-order valence-corrected chi connectivity index (χ2v) is 4.53. The molecule has 0 spiro atoms. The van der Waals surface area contributed by atoms with E-state index < -0.39 is 5.97 Å². The molecule has 1 N–H and O–H groups in total. The van der Waals surface area contributed by atoms with Crippen LogP contribution < -0.4 is 0 Å². The third kappa shape index (κ3) is 2.71. The van der Waals surface area contributed by atoms with Gasteiger partial charge in [-0.25, -0.2) is 0 Å². The van der Waals surface area contributed by atoms with Gasteiger partial charge in [-0.2, -0.15) is 0 Å². The molecule has 2 aromatic rings. The van der Waals surface area contributed by atoms with Crippen molar-refractivity contribution in [3.05, 3.63) is 34.2 Å². The van der Waals surface area contributed by atoms with Crippen molar-refractivity contribution in [2.24, 2.45) is 0 Å². The minimum Gasteiger partial charge on any atom is -0.481 e. The average Bonchev–Trinajstić information content (AvgIpc) is 2.97. The number of thiophene rings is 1. The molecule has 90 valence electrons. The van der Waals surface area contributed by atoms with Crippen LogP contribution in [0.1, 0.15) is 35.9 Å². The zero-order valence-corrected chi connectivity index (χ0v) is 10.1. The van der Waals surface area contributed by atoms with Gasteiger partial charge in [0.05, 0.1) is 12.3 Å². The molecule has 0 radical (unpaired) electrons. The van der Waals surface area contributed by atoms with Crippen molar-refractivity contribution in [3.63, 3.8) is 0 Å². The number of aliphatic carboxylic acids is 1. The Bertz CT molecular complexity index is 493. The highest BCUT2D eigenvalue weighted by Gasteiger charge is 2.24. The molecule has 0 bridgehead atoms. The summed E-state index contributed by atoms with van der Waals surface area (Å²) < 4.78 is 5.44. The van der Waals surface area contributed by atoms with Crippen LogP contribution in [0, 0.1) is 0 Å². The number of nitrogens with zero attached hydrogens (tertiary/aromatic N) is 2. The molecule has 2 rings (SSSR count). The van der Waals surface area contributed by atoms with Crippen LogP contribution in [0.3, 0.4) is 0 Å². The predicted molar refractivity (Wildman–Crippen MR) is 62.1 cm³/mol. The molecule has 5 nitrogen and oxygen atoms in total. The zero-order chi connectivity index (χ0) is 12.3. The molecular formula is C11H12N2O3S. The standard InChI is InChI=1S/C11H12N2O3S/c1-2-9-12-13-11(16-9)7(6-10(14)15)8-4-3-5-17-8/h3-5,7H,2,6H2,1H3,(H,14,15). The van der Waals surface area contributed by atoms with Gasteiger partial charge in [0.1, 0.15) is 0 Å². The van der Waals surface area contributed by atoms with Crippen molar-refractivity contribution < 1.29 is 14.3 Å². The third-order valence-corrected chi connectivity index (χ3v) is 3.33. The van der Waals surface area contributed by atoms with Gasteiger partial charge in [-0.05, 0) is 11.4 Å². The van der Waals surface area contributed by atoms with Crippen molar-refractivity contribution in [2.75, 3.05) is 0 Å². The molecule has 6 heteroatoms. The first-order valence-corrected chi connectivity index (χ1v) is 6.16. The molecule has 0 aliphatic carbocycles. The normalized spacial score (nSPS) is 12.5. The molecule has 2 heterocycles. The third-order valence-electron chi connectivity index (χ3n) is 2.35. The van der Waals surface area contributed by atoms with Gasteiger partial charge in [0.15, 0.2) is 0 Å². The van der Waals surface area contributed by atoms with Gasteiger partial charge in [-0.1, -0.05) is 13.0 Å². The fourth-order valence-electron chi connectivity index (χ4n) is 1.52. The predicted octanol–water partition coefficient (Wildman–Crippen LogP) is 2.30. The van der Waals surface area contributed by atoms with Gasteiger partial charge >= 0.3 is 5.97 Å². The van der Waals surface area contributed by atoms with Crippen LogP contribution in [-0.4, -0.2) is 21.3 Å². The summed E-state index contributed by atoms with van der Waals surface area (Å²) in [6, 6.07) is 3.76. The first-order valence-electron chi connectivity index (χ1n) is 5.28. The van der Waals surface area contributed by atoms with Crippen molar-refractivity contribution in [1.82, 2.24) is 10.2 Å².